The minimum absolute atomic E-state index is 0.0512. The topological polar surface area (TPSA) is 49.4 Å². The number of hydrogen-bond donors (Lipinski definition) is 1. The van der Waals surface area contributed by atoms with E-state index in [9.17, 15) is 14.0 Å². The Morgan fingerprint density at radius 2 is 1.72 bits per heavy atom. The van der Waals surface area contributed by atoms with Crippen LogP contribution in [0.4, 0.5) is 4.39 Å². The number of halogens is 1. The molecule has 2 rings (SSSR count). The van der Waals surface area contributed by atoms with Gasteiger partial charge in [0.1, 0.15) is 5.82 Å². The van der Waals surface area contributed by atoms with Crippen molar-refractivity contribution in [1.29, 1.82) is 0 Å². The highest BCUT2D eigenvalue weighted by Gasteiger charge is 2.24. The Kier molecular flexibility index (Phi) is 6.04. The molecule has 0 fully saturated rings. The third kappa shape index (κ3) is 4.51. The van der Waals surface area contributed by atoms with Crippen molar-refractivity contribution in [3.63, 3.8) is 0 Å². The van der Waals surface area contributed by atoms with Crippen LogP contribution in [0, 0.1) is 5.82 Å². The summed E-state index contributed by atoms with van der Waals surface area (Å²) in [6.07, 6.45) is 0. The van der Waals surface area contributed by atoms with Crippen molar-refractivity contribution in [2.75, 3.05) is 14.1 Å². The van der Waals surface area contributed by atoms with Crippen LogP contribution >= 0.6 is 0 Å². The summed E-state index contributed by atoms with van der Waals surface area (Å²) in [7, 11) is 3.87. The van der Waals surface area contributed by atoms with Crippen LogP contribution < -0.4 is 5.32 Å². The fourth-order valence-corrected chi connectivity index (χ4v) is 2.97. The number of amides is 1. The van der Waals surface area contributed by atoms with Crippen LogP contribution in [0.1, 0.15) is 46.2 Å². The predicted molar refractivity (Wildman–Crippen MR) is 96.2 cm³/mol. The quantitative estimate of drug-likeness (QED) is 0.818. The maximum Gasteiger partial charge on any atom is 0.254 e. The monoisotopic (exact) mass is 342 g/mol. The highest BCUT2D eigenvalue weighted by Crippen LogP contribution is 2.22. The van der Waals surface area contributed by atoms with Crippen LogP contribution in [0.2, 0.25) is 0 Å². The molecule has 4 nitrogen and oxygen atoms in total. The molecule has 0 aliphatic rings. The zero-order chi connectivity index (χ0) is 18.6. The Hall–Kier alpha value is -2.53. The van der Waals surface area contributed by atoms with Gasteiger partial charge in [0, 0.05) is 11.6 Å². The van der Waals surface area contributed by atoms with Crippen LogP contribution in [-0.4, -0.2) is 36.7 Å². The van der Waals surface area contributed by atoms with Crippen molar-refractivity contribution in [3.8, 4) is 0 Å². The summed E-state index contributed by atoms with van der Waals surface area (Å²) >= 11 is 0. The van der Waals surface area contributed by atoms with E-state index in [1.165, 1.54) is 19.1 Å². The summed E-state index contributed by atoms with van der Waals surface area (Å²) < 4.78 is 14.2. The van der Waals surface area contributed by atoms with Gasteiger partial charge in [-0.15, -0.1) is 0 Å². The molecule has 1 amide bonds. The Balaban J connectivity index is 2.20. The van der Waals surface area contributed by atoms with Crippen LogP contribution in [0.15, 0.2) is 48.5 Å². The average Bonchev–Trinajstić information content (AvgIpc) is 2.55. The molecular formula is C20H23FN2O2. The number of ketones is 1. The second-order valence-electron chi connectivity index (χ2n) is 6.33. The molecule has 0 radical (unpaired) electrons. The van der Waals surface area contributed by atoms with Crippen molar-refractivity contribution in [2.24, 2.45) is 0 Å². The van der Waals surface area contributed by atoms with Gasteiger partial charge in [0.05, 0.1) is 11.6 Å². The molecule has 0 saturated carbocycles. The largest absolute Gasteiger partial charge is 0.348 e. The molecular weight excluding hydrogens is 319 g/mol. The van der Waals surface area contributed by atoms with E-state index < -0.39 is 11.7 Å². The maximum absolute atomic E-state index is 14.2. The molecule has 0 aliphatic carbocycles. The molecule has 0 bridgehead atoms. The highest BCUT2D eigenvalue weighted by molar-refractivity contribution is 5.98. The van der Waals surface area contributed by atoms with E-state index in [0.717, 1.165) is 11.6 Å². The number of hydrogen-bond acceptors (Lipinski definition) is 3. The van der Waals surface area contributed by atoms with Gasteiger partial charge in [-0.05, 0) is 45.6 Å². The lowest BCUT2D eigenvalue weighted by atomic mass is 9.99. The number of carbonyl (C=O) groups excluding carboxylic acids is 2. The molecule has 0 spiro atoms. The fraction of sp³-hybridized carbons (Fsp3) is 0.300. The standard InChI is InChI=1S/C20H23FN2O2/c1-13(19(23(3)4)15-8-6-5-7-9-15)22-20(25)17-11-10-16(14(2)24)12-18(17)21/h5-13,19H,1-4H3,(H,22,25)/t13-,19-/m1/s1. The van der Waals surface area contributed by atoms with Crippen molar-refractivity contribution in [2.45, 2.75) is 25.9 Å². The molecule has 25 heavy (non-hydrogen) atoms. The van der Waals surface area contributed by atoms with Gasteiger partial charge in [-0.1, -0.05) is 36.4 Å². The molecule has 5 heteroatoms. The van der Waals surface area contributed by atoms with Crippen molar-refractivity contribution in [3.05, 3.63) is 71.0 Å². The number of nitrogens with zero attached hydrogens (tertiary/aromatic N) is 1. The van der Waals surface area contributed by atoms with Gasteiger partial charge in [-0.2, -0.15) is 0 Å². The van der Waals surface area contributed by atoms with Gasteiger partial charge in [0.2, 0.25) is 0 Å². The lowest BCUT2D eigenvalue weighted by Gasteiger charge is -2.31. The number of Topliss-reactive ketones (excluding diaryl/α,β-unsaturated/α-hetero) is 1. The third-order valence-electron chi connectivity index (χ3n) is 4.15. The highest BCUT2D eigenvalue weighted by atomic mass is 19.1. The summed E-state index contributed by atoms with van der Waals surface area (Å²) in [5, 5.41) is 2.86. The Labute approximate surface area is 147 Å². The normalized spacial score (nSPS) is 13.4. The molecule has 0 aromatic heterocycles. The summed E-state index contributed by atoms with van der Waals surface area (Å²) in [4.78, 5) is 25.8. The molecule has 2 atom stereocenters. The summed E-state index contributed by atoms with van der Waals surface area (Å²) in [6.45, 7) is 3.25. The smallest absolute Gasteiger partial charge is 0.254 e. The molecule has 0 heterocycles. The molecule has 0 aliphatic heterocycles. The van der Waals surface area contributed by atoms with Gasteiger partial charge in [-0.25, -0.2) is 4.39 Å². The second kappa shape index (κ2) is 8.03. The van der Waals surface area contributed by atoms with Gasteiger partial charge in [0.15, 0.2) is 5.78 Å². The number of nitrogens with one attached hydrogen (secondary N) is 1. The van der Waals surface area contributed by atoms with Crippen LogP contribution in [0.25, 0.3) is 0 Å². The molecule has 132 valence electrons. The zero-order valence-electron chi connectivity index (χ0n) is 14.9. The minimum atomic E-state index is -0.696. The van der Waals surface area contributed by atoms with E-state index in [1.54, 1.807) is 0 Å². The predicted octanol–water partition coefficient (Wildman–Crippen LogP) is 3.45. The summed E-state index contributed by atoms with van der Waals surface area (Å²) in [5.41, 5.74) is 1.24. The van der Waals surface area contributed by atoms with E-state index in [2.05, 4.69) is 5.32 Å². The first kappa shape index (κ1) is 18.8. The van der Waals surface area contributed by atoms with Gasteiger partial charge in [-0.3, -0.25) is 9.59 Å². The zero-order valence-corrected chi connectivity index (χ0v) is 14.9. The number of benzene rings is 2. The van der Waals surface area contributed by atoms with E-state index in [4.69, 9.17) is 0 Å². The number of rotatable bonds is 6. The molecule has 2 aromatic rings. The number of carbonyl (C=O) groups is 2. The van der Waals surface area contributed by atoms with E-state index >= 15 is 0 Å². The summed E-state index contributed by atoms with van der Waals surface area (Å²) in [5.74, 6) is -1.43. The minimum Gasteiger partial charge on any atom is -0.348 e. The van der Waals surface area contributed by atoms with Crippen molar-refractivity contribution >= 4 is 11.7 Å². The van der Waals surface area contributed by atoms with Gasteiger partial charge >= 0.3 is 0 Å². The average molecular weight is 342 g/mol. The molecule has 0 unspecified atom stereocenters. The van der Waals surface area contributed by atoms with Crippen molar-refractivity contribution in [1.82, 2.24) is 10.2 Å². The van der Waals surface area contributed by atoms with Crippen LogP contribution in [0.5, 0.6) is 0 Å². The van der Waals surface area contributed by atoms with E-state index in [0.29, 0.717) is 0 Å². The summed E-state index contributed by atoms with van der Waals surface area (Å²) in [6, 6.07) is 13.4. The van der Waals surface area contributed by atoms with Crippen LogP contribution in [-0.2, 0) is 0 Å². The van der Waals surface area contributed by atoms with Crippen LogP contribution in [0.3, 0.4) is 0 Å². The second-order valence-corrected chi connectivity index (χ2v) is 6.33. The van der Waals surface area contributed by atoms with Gasteiger partial charge in [0.25, 0.3) is 5.91 Å². The maximum atomic E-state index is 14.2. The first-order valence-corrected chi connectivity index (χ1v) is 8.14. The van der Waals surface area contributed by atoms with E-state index in [-0.39, 0.29) is 29.0 Å². The number of likely N-dealkylation sites (N-methyl/N-ethyl adjacent to an activating group) is 1. The Bertz CT molecular complexity index is 760. The van der Waals surface area contributed by atoms with Crippen molar-refractivity contribution < 1.29 is 14.0 Å². The van der Waals surface area contributed by atoms with Gasteiger partial charge < -0.3 is 10.2 Å². The Morgan fingerprint density at radius 3 is 2.24 bits per heavy atom. The fourth-order valence-electron chi connectivity index (χ4n) is 2.97. The third-order valence-corrected chi connectivity index (χ3v) is 4.15. The first-order valence-electron chi connectivity index (χ1n) is 8.14. The molecule has 0 saturated heterocycles. The first-order chi connectivity index (χ1) is 11.8. The lowest BCUT2D eigenvalue weighted by Crippen LogP contribution is -2.42. The molecule has 1 N–H and O–H groups in total. The molecule has 2 aromatic carbocycles. The lowest BCUT2D eigenvalue weighted by molar-refractivity contribution is 0.0909. The van der Waals surface area contributed by atoms with E-state index in [1.807, 2.05) is 56.3 Å². The Morgan fingerprint density at radius 1 is 1.08 bits per heavy atom. The SMILES string of the molecule is CC(=O)c1ccc(C(=O)N[C@H](C)[C@H](c2ccccc2)N(C)C)c(F)c1.